The van der Waals surface area contributed by atoms with Gasteiger partial charge in [-0.05, 0) is 50.1 Å². The van der Waals surface area contributed by atoms with Crippen molar-refractivity contribution in [1.82, 2.24) is 0 Å². The molecule has 0 spiro atoms. The molecule has 19 heavy (non-hydrogen) atoms. The number of hydrogen-bond acceptors (Lipinski definition) is 1. The Kier molecular flexibility index (Phi) is 4.12. The molecule has 0 amide bonds. The third kappa shape index (κ3) is 2.90. The fourth-order valence-electron chi connectivity index (χ4n) is 2.34. The van der Waals surface area contributed by atoms with Gasteiger partial charge < -0.3 is 0 Å². The zero-order chi connectivity index (χ0) is 14.2. The minimum Gasteiger partial charge on any atom is -0.289 e. The van der Waals surface area contributed by atoms with E-state index in [0.717, 1.165) is 26.7 Å². The maximum absolute atomic E-state index is 12.7. The minimum atomic E-state index is -0.0266. The van der Waals surface area contributed by atoms with Crippen LogP contribution in [0.2, 0.25) is 5.02 Å². The van der Waals surface area contributed by atoms with Crippen LogP contribution in [0.3, 0.4) is 0 Å². The molecule has 0 heterocycles. The average Bonchev–Trinajstić information content (AvgIpc) is 2.30. The molecule has 0 aliphatic rings. The lowest BCUT2D eigenvalue weighted by Crippen LogP contribution is -2.07. The van der Waals surface area contributed by atoms with Gasteiger partial charge in [0.15, 0.2) is 5.78 Å². The van der Waals surface area contributed by atoms with Gasteiger partial charge in [0.25, 0.3) is 0 Å². The van der Waals surface area contributed by atoms with Crippen LogP contribution in [0, 0.1) is 20.8 Å². The molecule has 0 aliphatic heterocycles. The average molecular weight is 338 g/mol. The molecule has 0 aromatic heterocycles. The van der Waals surface area contributed by atoms with Crippen molar-refractivity contribution in [1.29, 1.82) is 0 Å². The lowest BCUT2D eigenvalue weighted by molar-refractivity contribution is 0.103. The van der Waals surface area contributed by atoms with Gasteiger partial charge in [-0.3, -0.25) is 4.79 Å². The second-order valence-corrected chi connectivity index (χ2v) is 6.05. The highest BCUT2D eigenvalue weighted by Crippen LogP contribution is 2.26. The summed E-state index contributed by atoms with van der Waals surface area (Å²) in [5.41, 5.74) is 4.40. The van der Waals surface area contributed by atoms with Gasteiger partial charge in [-0.15, -0.1) is 0 Å². The minimum absolute atomic E-state index is 0.0266. The monoisotopic (exact) mass is 336 g/mol. The zero-order valence-electron chi connectivity index (χ0n) is 11.1. The normalized spacial score (nSPS) is 10.6. The number of aryl methyl sites for hydroxylation is 3. The van der Waals surface area contributed by atoms with Crippen LogP contribution in [0.1, 0.15) is 32.6 Å². The van der Waals surface area contributed by atoms with Crippen LogP contribution >= 0.6 is 27.5 Å². The molecule has 2 rings (SSSR count). The Bertz CT molecular complexity index is 639. The highest BCUT2D eigenvalue weighted by atomic mass is 79.9. The van der Waals surface area contributed by atoms with E-state index in [-0.39, 0.29) is 5.78 Å². The summed E-state index contributed by atoms with van der Waals surface area (Å²) in [6.07, 6.45) is 0. The van der Waals surface area contributed by atoms with Crippen LogP contribution < -0.4 is 0 Å². The summed E-state index contributed by atoms with van der Waals surface area (Å²) >= 11 is 9.51. The van der Waals surface area contributed by atoms with E-state index in [1.165, 1.54) is 0 Å². The third-order valence-electron chi connectivity index (χ3n) is 3.08. The zero-order valence-corrected chi connectivity index (χ0v) is 13.4. The number of halogens is 2. The van der Waals surface area contributed by atoms with Crippen molar-refractivity contribution in [2.45, 2.75) is 20.8 Å². The SMILES string of the molecule is Cc1cc(C)c(C(=O)c2cc(Br)ccc2Cl)c(C)c1. The van der Waals surface area contributed by atoms with Gasteiger partial charge in [-0.1, -0.05) is 45.2 Å². The summed E-state index contributed by atoms with van der Waals surface area (Å²) in [5.74, 6) is -0.0266. The maximum atomic E-state index is 12.7. The lowest BCUT2D eigenvalue weighted by Gasteiger charge is -2.11. The summed E-state index contributed by atoms with van der Waals surface area (Å²) < 4.78 is 0.850. The van der Waals surface area contributed by atoms with Crippen LogP contribution in [0.25, 0.3) is 0 Å². The molecular weight excluding hydrogens is 324 g/mol. The van der Waals surface area contributed by atoms with E-state index in [4.69, 9.17) is 11.6 Å². The van der Waals surface area contributed by atoms with Crippen LogP contribution in [0.5, 0.6) is 0 Å². The molecule has 0 bridgehead atoms. The molecule has 0 atom stereocenters. The second-order valence-electron chi connectivity index (χ2n) is 4.73. The molecule has 0 radical (unpaired) electrons. The predicted molar refractivity (Wildman–Crippen MR) is 83.2 cm³/mol. The Labute approximate surface area is 126 Å². The topological polar surface area (TPSA) is 17.1 Å². The first-order valence-electron chi connectivity index (χ1n) is 5.97. The Morgan fingerprint density at radius 1 is 1.05 bits per heavy atom. The first-order valence-corrected chi connectivity index (χ1v) is 7.15. The summed E-state index contributed by atoms with van der Waals surface area (Å²) in [6.45, 7) is 5.94. The molecular formula is C16H14BrClO. The molecule has 1 nitrogen and oxygen atoms in total. The summed E-state index contributed by atoms with van der Waals surface area (Å²) in [7, 11) is 0. The quantitative estimate of drug-likeness (QED) is 0.683. The van der Waals surface area contributed by atoms with E-state index in [2.05, 4.69) is 15.9 Å². The van der Waals surface area contributed by atoms with E-state index in [1.807, 2.05) is 39.0 Å². The van der Waals surface area contributed by atoms with Gasteiger partial charge in [0, 0.05) is 15.6 Å². The Morgan fingerprint density at radius 3 is 2.21 bits per heavy atom. The molecule has 3 heteroatoms. The fourth-order valence-corrected chi connectivity index (χ4v) is 2.91. The Hall–Kier alpha value is -1.12. The number of benzene rings is 2. The number of carbonyl (C=O) groups is 1. The highest BCUT2D eigenvalue weighted by molar-refractivity contribution is 9.10. The first kappa shape index (κ1) is 14.3. The summed E-state index contributed by atoms with van der Waals surface area (Å²) in [5, 5.41) is 0.479. The largest absolute Gasteiger partial charge is 0.289 e. The van der Waals surface area contributed by atoms with Gasteiger partial charge in [-0.25, -0.2) is 0 Å². The lowest BCUT2D eigenvalue weighted by atomic mass is 9.93. The molecule has 0 fully saturated rings. The molecule has 0 saturated heterocycles. The number of rotatable bonds is 2. The number of carbonyl (C=O) groups excluding carboxylic acids is 1. The molecule has 0 unspecified atom stereocenters. The van der Waals surface area contributed by atoms with Crippen LogP contribution in [-0.2, 0) is 0 Å². The van der Waals surface area contributed by atoms with E-state index in [9.17, 15) is 4.79 Å². The van der Waals surface area contributed by atoms with Crippen molar-refractivity contribution in [2.24, 2.45) is 0 Å². The standard InChI is InChI=1S/C16H14BrClO/c1-9-6-10(2)15(11(3)7-9)16(19)13-8-12(17)4-5-14(13)18/h4-8H,1-3H3. The number of ketones is 1. The van der Waals surface area contributed by atoms with Crippen molar-refractivity contribution in [3.8, 4) is 0 Å². The van der Waals surface area contributed by atoms with Gasteiger partial charge in [0.05, 0.1) is 5.02 Å². The smallest absolute Gasteiger partial charge is 0.195 e. The van der Waals surface area contributed by atoms with Crippen LogP contribution in [0.15, 0.2) is 34.8 Å². The van der Waals surface area contributed by atoms with Gasteiger partial charge in [-0.2, -0.15) is 0 Å². The number of hydrogen-bond donors (Lipinski definition) is 0. The van der Waals surface area contributed by atoms with Crippen LogP contribution in [-0.4, -0.2) is 5.78 Å². The first-order chi connectivity index (χ1) is 8.90. The van der Waals surface area contributed by atoms with Gasteiger partial charge in [0.1, 0.15) is 0 Å². The molecule has 0 aliphatic carbocycles. The van der Waals surface area contributed by atoms with E-state index in [0.29, 0.717) is 10.6 Å². The van der Waals surface area contributed by atoms with Gasteiger partial charge in [0.2, 0.25) is 0 Å². The van der Waals surface area contributed by atoms with Crippen molar-refractivity contribution >= 4 is 33.3 Å². The van der Waals surface area contributed by atoms with E-state index in [1.54, 1.807) is 12.1 Å². The second kappa shape index (κ2) is 5.48. The fraction of sp³-hybridized carbons (Fsp3) is 0.188. The molecule has 2 aromatic carbocycles. The van der Waals surface area contributed by atoms with E-state index < -0.39 is 0 Å². The molecule has 98 valence electrons. The van der Waals surface area contributed by atoms with Crippen molar-refractivity contribution in [3.05, 3.63) is 67.6 Å². The van der Waals surface area contributed by atoms with Crippen LogP contribution in [0.4, 0.5) is 0 Å². The summed E-state index contributed by atoms with van der Waals surface area (Å²) in [6, 6.07) is 9.37. The molecule has 0 saturated carbocycles. The van der Waals surface area contributed by atoms with Crippen molar-refractivity contribution in [2.75, 3.05) is 0 Å². The Morgan fingerprint density at radius 2 is 1.63 bits per heavy atom. The van der Waals surface area contributed by atoms with Gasteiger partial charge >= 0.3 is 0 Å². The van der Waals surface area contributed by atoms with Crippen molar-refractivity contribution < 1.29 is 4.79 Å². The highest BCUT2D eigenvalue weighted by Gasteiger charge is 2.17. The predicted octanol–water partition coefficient (Wildman–Crippen LogP) is 5.26. The maximum Gasteiger partial charge on any atom is 0.195 e. The third-order valence-corrected chi connectivity index (χ3v) is 3.90. The summed E-state index contributed by atoms with van der Waals surface area (Å²) in [4.78, 5) is 12.7. The van der Waals surface area contributed by atoms with E-state index >= 15 is 0 Å². The van der Waals surface area contributed by atoms with Crippen molar-refractivity contribution in [3.63, 3.8) is 0 Å². The Balaban J connectivity index is 2.59. The molecule has 0 N–H and O–H groups in total. The molecule has 2 aromatic rings.